The maximum absolute atomic E-state index is 13.4. The zero-order valence-corrected chi connectivity index (χ0v) is 16.5. The molecule has 0 aliphatic carbocycles. The number of para-hydroxylation sites is 1. The minimum absolute atomic E-state index is 0.0105. The first-order chi connectivity index (χ1) is 14.7. The minimum atomic E-state index is -0.476. The van der Waals surface area contributed by atoms with Crippen molar-refractivity contribution in [3.63, 3.8) is 0 Å². The maximum Gasteiger partial charge on any atom is 0.253 e. The number of carbonyl (C=O) groups excluding carboxylic acids is 2. The van der Waals surface area contributed by atoms with E-state index in [1.165, 1.54) is 0 Å². The Bertz CT molecular complexity index is 1080. The molecule has 2 atom stereocenters. The predicted molar refractivity (Wildman–Crippen MR) is 115 cm³/mol. The number of nitrogens with zero attached hydrogens (tertiary/aromatic N) is 1. The Morgan fingerprint density at radius 2 is 1.87 bits per heavy atom. The molecule has 3 heterocycles. The second kappa shape index (κ2) is 7.80. The molecule has 5 rings (SSSR count). The lowest BCUT2D eigenvalue weighted by Gasteiger charge is -2.18. The van der Waals surface area contributed by atoms with Crippen molar-refractivity contribution in [3.05, 3.63) is 83.7 Å². The van der Waals surface area contributed by atoms with Crippen LogP contribution in [0.3, 0.4) is 0 Å². The Balaban J connectivity index is 1.37. The van der Waals surface area contributed by atoms with Gasteiger partial charge >= 0.3 is 0 Å². The molecule has 3 aromatic rings. The molecule has 30 heavy (non-hydrogen) atoms. The molecule has 6 nitrogen and oxygen atoms in total. The summed E-state index contributed by atoms with van der Waals surface area (Å²) in [4.78, 5) is 25.6. The van der Waals surface area contributed by atoms with Crippen LogP contribution in [0.1, 0.15) is 40.5 Å². The molecule has 1 aromatic heterocycles. The van der Waals surface area contributed by atoms with E-state index >= 15 is 0 Å². The van der Waals surface area contributed by atoms with E-state index in [0.29, 0.717) is 17.9 Å². The van der Waals surface area contributed by atoms with Crippen LogP contribution in [0, 0.1) is 0 Å². The standard InChI is InChI=1S/C24H23N3O3/c28-23(16-9-11-18(12-10-16)25-24(29)21-8-4-14-30-21)22-20-7-3-13-27(20)15-17-5-1-2-6-19(17)26-22/h1-3,5-7,9-13,21-22,26H,4,8,14-15H2,(H,25,29). The van der Waals surface area contributed by atoms with Gasteiger partial charge in [0, 0.05) is 42.0 Å². The third kappa shape index (κ3) is 3.50. The molecule has 2 unspecified atom stereocenters. The summed E-state index contributed by atoms with van der Waals surface area (Å²) in [5.41, 5.74) is 4.31. The van der Waals surface area contributed by atoms with E-state index in [-0.39, 0.29) is 17.8 Å². The third-order valence-corrected chi connectivity index (χ3v) is 5.74. The molecule has 0 spiro atoms. The highest BCUT2D eigenvalue weighted by Crippen LogP contribution is 2.31. The second-order valence-corrected chi connectivity index (χ2v) is 7.73. The van der Waals surface area contributed by atoms with Crippen molar-refractivity contribution in [3.8, 4) is 0 Å². The summed E-state index contributed by atoms with van der Waals surface area (Å²) in [6, 6.07) is 18.6. The van der Waals surface area contributed by atoms with Crippen LogP contribution >= 0.6 is 0 Å². The summed E-state index contributed by atoms with van der Waals surface area (Å²) in [6.45, 7) is 1.36. The fourth-order valence-corrected chi connectivity index (χ4v) is 4.14. The quantitative estimate of drug-likeness (QED) is 0.648. The van der Waals surface area contributed by atoms with Crippen molar-refractivity contribution in [1.82, 2.24) is 4.57 Å². The molecule has 0 radical (unpaired) electrons. The topological polar surface area (TPSA) is 72.4 Å². The molecular formula is C24H23N3O3. The number of hydrogen-bond acceptors (Lipinski definition) is 4. The van der Waals surface area contributed by atoms with Gasteiger partial charge in [-0.2, -0.15) is 0 Å². The number of ether oxygens (including phenoxy) is 1. The molecule has 6 heteroatoms. The Hall–Kier alpha value is -3.38. The maximum atomic E-state index is 13.4. The molecule has 0 saturated carbocycles. The first-order valence-corrected chi connectivity index (χ1v) is 10.3. The highest BCUT2D eigenvalue weighted by molar-refractivity contribution is 6.03. The SMILES string of the molecule is O=C(Nc1ccc(C(=O)C2Nc3ccccc3Cn3cccc32)cc1)C1CCCO1. The zero-order valence-electron chi connectivity index (χ0n) is 16.5. The summed E-state index contributed by atoms with van der Waals surface area (Å²) < 4.78 is 7.53. The van der Waals surface area contributed by atoms with Gasteiger partial charge in [-0.15, -0.1) is 0 Å². The van der Waals surface area contributed by atoms with Crippen LogP contribution in [0.2, 0.25) is 0 Å². The fraction of sp³-hybridized carbons (Fsp3) is 0.250. The molecule has 1 amide bonds. The van der Waals surface area contributed by atoms with E-state index in [1.807, 2.05) is 36.5 Å². The van der Waals surface area contributed by atoms with Gasteiger partial charge in [-0.1, -0.05) is 18.2 Å². The highest BCUT2D eigenvalue weighted by atomic mass is 16.5. The van der Waals surface area contributed by atoms with Gasteiger partial charge in [0.2, 0.25) is 0 Å². The Morgan fingerprint density at radius 1 is 1.03 bits per heavy atom. The Kier molecular flexibility index (Phi) is 4.85. The van der Waals surface area contributed by atoms with E-state index in [2.05, 4.69) is 21.3 Å². The molecule has 2 aliphatic heterocycles. The van der Waals surface area contributed by atoms with Crippen molar-refractivity contribution in [1.29, 1.82) is 0 Å². The van der Waals surface area contributed by atoms with E-state index in [4.69, 9.17) is 4.74 Å². The van der Waals surface area contributed by atoms with Crippen molar-refractivity contribution >= 4 is 23.1 Å². The van der Waals surface area contributed by atoms with E-state index in [0.717, 1.165) is 36.3 Å². The lowest BCUT2D eigenvalue weighted by molar-refractivity contribution is -0.124. The molecule has 2 N–H and O–H groups in total. The number of carbonyl (C=O) groups is 2. The predicted octanol–water partition coefficient (Wildman–Crippen LogP) is 4.00. The number of aromatic nitrogens is 1. The normalized spacial score (nSPS) is 19.9. The number of nitrogens with one attached hydrogen (secondary N) is 2. The molecule has 152 valence electrons. The number of hydrogen-bond donors (Lipinski definition) is 2. The summed E-state index contributed by atoms with van der Waals surface area (Å²) in [7, 11) is 0. The number of benzene rings is 2. The first-order valence-electron chi connectivity index (χ1n) is 10.3. The molecular weight excluding hydrogens is 378 g/mol. The van der Waals surface area contributed by atoms with Crippen LogP contribution in [-0.2, 0) is 16.1 Å². The number of rotatable bonds is 4. The minimum Gasteiger partial charge on any atom is -0.370 e. The van der Waals surface area contributed by atoms with Crippen LogP contribution in [-0.4, -0.2) is 29.0 Å². The van der Waals surface area contributed by atoms with Gasteiger partial charge in [0.1, 0.15) is 12.1 Å². The highest BCUT2D eigenvalue weighted by Gasteiger charge is 2.28. The second-order valence-electron chi connectivity index (χ2n) is 7.73. The van der Waals surface area contributed by atoms with Gasteiger partial charge in [-0.05, 0) is 60.9 Å². The van der Waals surface area contributed by atoms with E-state index in [1.54, 1.807) is 24.3 Å². The van der Waals surface area contributed by atoms with Crippen LogP contribution in [0.5, 0.6) is 0 Å². The van der Waals surface area contributed by atoms with E-state index < -0.39 is 6.04 Å². The van der Waals surface area contributed by atoms with Gasteiger partial charge < -0.3 is 19.9 Å². The monoisotopic (exact) mass is 401 g/mol. The molecule has 1 fully saturated rings. The van der Waals surface area contributed by atoms with E-state index in [9.17, 15) is 9.59 Å². The molecule has 1 saturated heterocycles. The molecule has 2 aromatic carbocycles. The van der Waals surface area contributed by atoms with Crippen LogP contribution in [0.15, 0.2) is 66.9 Å². The fourth-order valence-electron chi connectivity index (χ4n) is 4.14. The average Bonchev–Trinajstić information content (AvgIpc) is 3.43. The lowest BCUT2D eigenvalue weighted by Crippen LogP contribution is -2.27. The van der Waals surface area contributed by atoms with Crippen LogP contribution in [0.4, 0.5) is 11.4 Å². The average molecular weight is 401 g/mol. The van der Waals surface area contributed by atoms with Crippen molar-refractivity contribution in [2.45, 2.75) is 31.5 Å². The summed E-state index contributed by atoms with van der Waals surface area (Å²) >= 11 is 0. The van der Waals surface area contributed by atoms with Gasteiger partial charge in [-0.25, -0.2) is 0 Å². The molecule has 2 aliphatic rings. The number of fused-ring (bicyclic) bond motifs is 2. The van der Waals surface area contributed by atoms with Crippen molar-refractivity contribution < 1.29 is 14.3 Å². The third-order valence-electron chi connectivity index (χ3n) is 5.74. The van der Waals surface area contributed by atoms with Crippen LogP contribution < -0.4 is 10.6 Å². The number of anilines is 2. The number of Topliss-reactive ketones (excluding diaryl/α,β-unsaturated/α-hetero) is 1. The Morgan fingerprint density at radius 3 is 2.67 bits per heavy atom. The smallest absolute Gasteiger partial charge is 0.253 e. The summed E-state index contributed by atoms with van der Waals surface area (Å²) in [5, 5.41) is 6.30. The van der Waals surface area contributed by atoms with Crippen molar-refractivity contribution in [2.24, 2.45) is 0 Å². The number of ketones is 1. The summed E-state index contributed by atoms with van der Waals surface area (Å²) in [6.07, 6.45) is 3.28. The molecule has 0 bridgehead atoms. The van der Waals surface area contributed by atoms with Gasteiger partial charge in [-0.3, -0.25) is 9.59 Å². The van der Waals surface area contributed by atoms with Gasteiger partial charge in [0.05, 0.1) is 0 Å². The van der Waals surface area contributed by atoms with Gasteiger partial charge in [0.15, 0.2) is 5.78 Å². The zero-order chi connectivity index (χ0) is 20.5. The Labute approximate surface area is 174 Å². The largest absolute Gasteiger partial charge is 0.370 e. The van der Waals surface area contributed by atoms with Crippen molar-refractivity contribution in [2.75, 3.05) is 17.2 Å². The lowest BCUT2D eigenvalue weighted by atomic mass is 10.0. The van der Waals surface area contributed by atoms with Gasteiger partial charge in [0.25, 0.3) is 5.91 Å². The summed E-state index contributed by atoms with van der Waals surface area (Å²) in [5.74, 6) is -0.143. The first kappa shape index (κ1) is 18.6. The van der Waals surface area contributed by atoms with Crippen LogP contribution in [0.25, 0.3) is 0 Å². The number of amides is 1.